The van der Waals surface area contributed by atoms with Gasteiger partial charge in [-0.3, -0.25) is 4.79 Å². The zero-order valence-corrected chi connectivity index (χ0v) is 9.54. The SMILES string of the molecule is CN1CCNC(CC(=O)N2CCCC2)C1. The lowest BCUT2D eigenvalue weighted by Gasteiger charge is -2.31. The molecule has 0 aliphatic carbocycles. The van der Waals surface area contributed by atoms with E-state index < -0.39 is 0 Å². The number of rotatable bonds is 2. The smallest absolute Gasteiger partial charge is 0.224 e. The van der Waals surface area contributed by atoms with Crippen LogP contribution in [0.3, 0.4) is 0 Å². The minimum Gasteiger partial charge on any atom is -0.343 e. The highest BCUT2D eigenvalue weighted by atomic mass is 16.2. The van der Waals surface area contributed by atoms with Crippen molar-refractivity contribution in [3.8, 4) is 0 Å². The number of nitrogens with zero attached hydrogens (tertiary/aromatic N) is 2. The lowest BCUT2D eigenvalue weighted by atomic mass is 10.1. The summed E-state index contributed by atoms with van der Waals surface area (Å²) in [6.45, 7) is 5.05. The monoisotopic (exact) mass is 211 g/mol. The number of carbonyl (C=O) groups excluding carboxylic acids is 1. The maximum Gasteiger partial charge on any atom is 0.224 e. The zero-order valence-electron chi connectivity index (χ0n) is 9.54. The Morgan fingerprint density at radius 2 is 2.07 bits per heavy atom. The van der Waals surface area contributed by atoms with Gasteiger partial charge in [-0.2, -0.15) is 0 Å². The van der Waals surface area contributed by atoms with Crippen LogP contribution in [0.15, 0.2) is 0 Å². The van der Waals surface area contributed by atoms with Gasteiger partial charge in [-0.1, -0.05) is 0 Å². The maximum atomic E-state index is 11.9. The highest BCUT2D eigenvalue weighted by Gasteiger charge is 2.23. The first kappa shape index (κ1) is 10.9. The second-order valence-corrected chi connectivity index (χ2v) is 4.71. The van der Waals surface area contributed by atoms with Gasteiger partial charge in [-0.05, 0) is 19.9 Å². The topological polar surface area (TPSA) is 35.6 Å². The Hall–Kier alpha value is -0.610. The fraction of sp³-hybridized carbons (Fsp3) is 0.909. The molecular weight excluding hydrogens is 190 g/mol. The Labute approximate surface area is 91.6 Å². The van der Waals surface area contributed by atoms with Crippen molar-refractivity contribution in [2.75, 3.05) is 39.8 Å². The Morgan fingerprint density at radius 3 is 2.73 bits per heavy atom. The van der Waals surface area contributed by atoms with Gasteiger partial charge >= 0.3 is 0 Å². The first-order valence-corrected chi connectivity index (χ1v) is 5.95. The van der Waals surface area contributed by atoms with Crippen LogP contribution in [-0.2, 0) is 4.79 Å². The predicted molar refractivity (Wildman–Crippen MR) is 59.7 cm³/mol. The number of likely N-dealkylation sites (tertiary alicyclic amines) is 1. The van der Waals surface area contributed by atoms with Gasteiger partial charge in [0.05, 0.1) is 0 Å². The minimum absolute atomic E-state index is 0.334. The molecule has 0 spiro atoms. The number of hydrogen-bond donors (Lipinski definition) is 1. The summed E-state index contributed by atoms with van der Waals surface area (Å²) < 4.78 is 0. The van der Waals surface area contributed by atoms with Crippen molar-refractivity contribution in [3.05, 3.63) is 0 Å². The molecular formula is C11H21N3O. The molecule has 2 heterocycles. The molecule has 1 amide bonds. The molecule has 1 unspecified atom stereocenters. The van der Waals surface area contributed by atoms with E-state index in [1.54, 1.807) is 0 Å². The number of piperazine rings is 1. The number of carbonyl (C=O) groups is 1. The van der Waals surface area contributed by atoms with Crippen LogP contribution in [0, 0.1) is 0 Å². The van der Waals surface area contributed by atoms with E-state index in [1.807, 2.05) is 4.90 Å². The van der Waals surface area contributed by atoms with E-state index in [1.165, 1.54) is 12.8 Å². The fourth-order valence-corrected chi connectivity index (χ4v) is 2.43. The Balaban J connectivity index is 1.77. The predicted octanol–water partition coefficient (Wildman–Crippen LogP) is -0.0975. The van der Waals surface area contributed by atoms with E-state index in [0.29, 0.717) is 18.4 Å². The summed E-state index contributed by atoms with van der Waals surface area (Å²) in [5.74, 6) is 0.334. The molecule has 1 atom stereocenters. The first-order chi connectivity index (χ1) is 7.25. The molecule has 0 bridgehead atoms. The number of nitrogens with one attached hydrogen (secondary N) is 1. The molecule has 2 saturated heterocycles. The standard InChI is InChI=1S/C11H21N3O/c1-13-7-4-12-10(9-13)8-11(15)14-5-2-3-6-14/h10,12H,2-9H2,1H3. The van der Waals surface area contributed by atoms with Gasteiger partial charge in [0, 0.05) is 45.2 Å². The maximum absolute atomic E-state index is 11.9. The van der Waals surface area contributed by atoms with Crippen LogP contribution >= 0.6 is 0 Å². The van der Waals surface area contributed by atoms with Gasteiger partial charge in [0.2, 0.25) is 5.91 Å². The summed E-state index contributed by atoms with van der Waals surface area (Å²) in [4.78, 5) is 16.2. The Bertz CT molecular complexity index is 226. The van der Waals surface area contributed by atoms with Gasteiger partial charge in [-0.15, -0.1) is 0 Å². The molecule has 0 radical (unpaired) electrons. The van der Waals surface area contributed by atoms with Gasteiger partial charge in [0.15, 0.2) is 0 Å². The van der Waals surface area contributed by atoms with Crippen LogP contribution in [0.2, 0.25) is 0 Å². The van der Waals surface area contributed by atoms with Gasteiger partial charge in [0.1, 0.15) is 0 Å². The van der Waals surface area contributed by atoms with Crippen molar-refractivity contribution in [2.45, 2.75) is 25.3 Å². The van der Waals surface area contributed by atoms with E-state index in [-0.39, 0.29) is 0 Å². The highest BCUT2D eigenvalue weighted by molar-refractivity contribution is 5.77. The first-order valence-electron chi connectivity index (χ1n) is 5.95. The molecule has 2 aliphatic heterocycles. The fourth-order valence-electron chi connectivity index (χ4n) is 2.43. The van der Waals surface area contributed by atoms with Gasteiger partial charge in [0.25, 0.3) is 0 Å². The Kier molecular flexibility index (Phi) is 3.59. The number of amides is 1. The molecule has 86 valence electrons. The van der Waals surface area contributed by atoms with Crippen LogP contribution < -0.4 is 5.32 Å². The number of likely N-dealkylation sites (N-methyl/N-ethyl adjacent to an activating group) is 1. The summed E-state index contributed by atoms with van der Waals surface area (Å²) in [5, 5.41) is 3.41. The quantitative estimate of drug-likeness (QED) is 0.693. The molecule has 1 N–H and O–H groups in total. The summed E-state index contributed by atoms with van der Waals surface area (Å²) in [6, 6.07) is 0.358. The summed E-state index contributed by atoms with van der Waals surface area (Å²) >= 11 is 0. The third kappa shape index (κ3) is 2.92. The van der Waals surface area contributed by atoms with Crippen LogP contribution in [0.25, 0.3) is 0 Å². The van der Waals surface area contributed by atoms with Crippen molar-refractivity contribution >= 4 is 5.91 Å². The molecule has 0 aromatic rings. The minimum atomic E-state index is 0.334. The third-order valence-electron chi connectivity index (χ3n) is 3.34. The van der Waals surface area contributed by atoms with E-state index in [0.717, 1.165) is 32.7 Å². The molecule has 2 aliphatic rings. The lowest BCUT2D eigenvalue weighted by Crippen LogP contribution is -2.50. The highest BCUT2D eigenvalue weighted by Crippen LogP contribution is 2.11. The normalized spacial score (nSPS) is 28.3. The largest absolute Gasteiger partial charge is 0.343 e. The van der Waals surface area contributed by atoms with Crippen molar-refractivity contribution in [1.29, 1.82) is 0 Å². The van der Waals surface area contributed by atoms with Crippen molar-refractivity contribution in [2.24, 2.45) is 0 Å². The van der Waals surface area contributed by atoms with Gasteiger partial charge in [-0.25, -0.2) is 0 Å². The van der Waals surface area contributed by atoms with E-state index in [9.17, 15) is 4.79 Å². The molecule has 0 aromatic carbocycles. The van der Waals surface area contributed by atoms with Crippen molar-refractivity contribution in [1.82, 2.24) is 15.1 Å². The van der Waals surface area contributed by atoms with Crippen LogP contribution in [0.5, 0.6) is 0 Å². The van der Waals surface area contributed by atoms with Crippen LogP contribution in [0.4, 0.5) is 0 Å². The Morgan fingerprint density at radius 1 is 1.33 bits per heavy atom. The molecule has 15 heavy (non-hydrogen) atoms. The van der Waals surface area contributed by atoms with Crippen LogP contribution in [-0.4, -0.2) is 61.5 Å². The molecule has 0 saturated carbocycles. The van der Waals surface area contributed by atoms with Crippen molar-refractivity contribution in [3.63, 3.8) is 0 Å². The molecule has 4 nitrogen and oxygen atoms in total. The number of hydrogen-bond acceptors (Lipinski definition) is 3. The van der Waals surface area contributed by atoms with Crippen LogP contribution in [0.1, 0.15) is 19.3 Å². The molecule has 2 fully saturated rings. The lowest BCUT2D eigenvalue weighted by molar-refractivity contribution is -0.130. The zero-order chi connectivity index (χ0) is 10.7. The summed E-state index contributed by atoms with van der Waals surface area (Å²) in [5.41, 5.74) is 0. The third-order valence-corrected chi connectivity index (χ3v) is 3.34. The average Bonchev–Trinajstić information content (AvgIpc) is 2.70. The average molecular weight is 211 g/mol. The molecule has 2 rings (SSSR count). The van der Waals surface area contributed by atoms with E-state index >= 15 is 0 Å². The van der Waals surface area contributed by atoms with E-state index in [2.05, 4.69) is 17.3 Å². The second kappa shape index (κ2) is 4.94. The van der Waals surface area contributed by atoms with Crippen molar-refractivity contribution < 1.29 is 4.79 Å². The van der Waals surface area contributed by atoms with Gasteiger partial charge < -0.3 is 15.1 Å². The van der Waals surface area contributed by atoms with E-state index in [4.69, 9.17) is 0 Å². The summed E-state index contributed by atoms with van der Waals surface area (Å²) in [6.07, 6.45) is 3.04. The molecule has 4 heteroatoms. The second-order valence-electron chi connectivity index (χ2n) is 4.71. The summed E-state index contributed by atoms with van der Waals surface area (Å²) in [7, 11) is 2.12. The molecule has 0 aromatic heterocycles.